The highest BCUT2D eigenvalue weighted by atomic mass is 19.4. The molecule has 3 aromatic rings. The van der Waals surface area contributed by atoms with E-state index in [4.69, 9.17) is 4.74 Å². The number of hydrogen-bond acceptors (Lipinski definition) is 7. The number of benzene rings is 2. The number of ether oxygens (including phenoxy) is 1. The summed E-state index contributed by atoms with van der Waals surface area (Å²) < 4.78 is 48.0. The van der Waals surface area contributed by atoms with Gasteiger partial charge in [0.25, 0.3) is 6.02 Å². The van der Waals surface area contributed by atoms with Crippen LogP contribution in [0.5, 0.6) is 0 Å². The third kappa shape index (κ3) is 3.56. The van der Waals surface area contributed by atoms with Crippen molar-refractivity contribution in [3.63, 3.8) is 0 Å². The molecule has 2 heterocycles. The van der Waals surface area contributed by atoms with Crippen LogP contribution in [0.1, 0.15) is 35.0 Å². The molecule has 0 bridgehead atoms. The lowest BCUT2D eigenvalue weighted by atomic mass is 10.1. The maximum Gasteiger partial charge on any atom is 0.470 e. The van der Waals surface area contributed by atoms with Crippen LogP contribution in [0.15, 0.2) is 51.9 Å². The average molecular weight is 415 g/mol. The Kier molecular flexibility index (Phi) is 4.34. The Morgan fingerprint density at radius 1 is 1.03 bits per heavy atom. The number of aryl methyl sites for hydroxylation is 1. The van der Waals surface area contributed by atoms with Crippen molar-refractivity contribution in [2.45, 2.75) is 31.7 Å². The fourth-order valence-electron chi connectivity index (χ4n) is 3.62. The summed E-state index contributed by atoms with van der Waals surface area (Å²) in [6.45, 7) is 0.280. The topological polar surface area (TPSA) is 84.6 Å². The molecule has 1 aromatic heterocycles. The standard InChI is InChI=1S/C20H16F3N5O2/c21-20(22,23)17-27-28-19(30-17)24-13-6-8-15-12(9-13)10-29-18(25-15)26-16-7-5-11-3-1-2-4-14(11)16/h1-4,6,8-9,16H,5,7,10H2,(H,24,28)(H,25,26)/t16-/m1/s1. The molecule has 5 rings (SSSR count). The minimum atomic E-state index is -4.69. The van der Waals surface area contributed by atoms with Crippen LogP contribution >= 0.6 is 0 Å². The average Bonchev–Trinajstić information content (AvgIpc) is 3.36. The van der Waals surface area contributed by atoms with Crippen molar-refractivity contribution in [1.82, 2.24) is 15.5 Å². The summed E-state index contributed by atoms with van der Waals surface area (Å²) in [7, 11) is 0. The number of halogens is 3. The predicted octanol–water partition coefficient (Wildman–Crippen LogP) is 4.63. The van der Waals surface area contributed by atoms with E-state index in [1.807, 2.05) is 12.1 Å². The first-order valence-corrected chi connectivity index (χ1v) is 9.32. The summed E-state index contributed by atoms with van der Waals surface area (Å²) in [5.41, 5.74) is 4.59. The molecule has 1 aliphatic carbocycles. The monoisotopic (exact) mass is 415 g/mol. The molecule has 154 valence electrons. The van der Waals surface area contributed by atoms with E-state index in [-0.39, 0.29) is 18.7 Å². The van der Waals surface area contributed by atoms with Gasteiger partial charge in [-0.2, -0.15) is 18.2 Å². The summed E-state index contributed by atoms with van der Waals surface area (Å²) in [6, 6.07) is 13.7. The zero-order valence-corrected chi connectivity index (χ0v) is 15.5. The molecule has 0 unspecified atom stereocenters. The number of aromatic nitrogens is 2. The van der Waals surface area contributed by atoms with Gasteiger partial charge in [-0.1, -0.05) is 29.4 Å². The lowest BCUT2D eigenvalue weighted by Gasteiger charge is -2.22. The van der Waals surface area contributed by atoms with Gasteiger partial charge in [-0.3, -0.25) is 0 Å². The van der Waals surface area contributed by atoms with Crippen LogP contribution in [0, 0.1) is 0 Å². The number of anilines is 2. The zero-order chi connectivity index (χ0) is 20.7. The highest BCUT2D eigenvalue weighted by Crippen LogP contribution is 2.33. The van der Waals surface area contributed by atoms with Crippen LogP contribution < -0.4 is 10.6 Å². The second kappa shape index (κ2) is 7.05. The Labute approximate surface area is 169 Å². The molecule has 0 amide bonds. The molecule has 0 saturated heterocycles. The Morgan fingerprint density at radius 3 is 2.73 bits per heavy atom. The Morgan fingerprint density at radius 2 is 1.90 bits per heavy atom. The van der Waals surface area contributed by atoms with Gasteiger partial charge in [0, 0.05) is 11.3 Å². The SMILES string of the molecule is FC(F)(F)c1nnc(Nc2ccc3c(c2)COC(N[C@@H]2CCc4ccccc42)=N3)o1. The second-order valence-corrected chi connectivity index (χ2v) is 7.02. The van der Waals surface area contributed by atoms with Crippen LogP contribution in [-0.4, -0.2) is 16.2 Å². The van der Waals surface area contributed by atoms with Gasteiger partial charge in [-0.15, -0.1) is 5.10 Å². The smallest absolute Gasteiger partial charge is 0.460 e. The summed E-state index contributed by atoms with van der Waals surface area (Å²) in [5.74, 6) is -1.40. The molecule has 1 atom stereocenters. The second-order valence-electron chi connectivity index (χ2n) is 7.02. The minimum Gasteiger partial charge on any atom is -0.460 e. The number of nitrogens with one attached hydrogen (secondary N) is 2. The summed E-state index contributed by atoms with van der Waals surface area (Å²) in [6.07, 6.45) is -2.70. The van der Waals surface area contributed by atoms with Gasteiger partial charge < -0.3 is 19.8 Å². The first kappa shape index (κ1) is 18.5. The van der Waals surface area contributed by atoms with E-state index in [1.54, 1.807) is 18.2 Å². The van der Waals surface area contributed by atoms with Gasteiger partial charge in [0.1, 0.15) is 6.61 Å². The number of alkyl halides is 3. The molecule has 0 spiro atoms. The number of aliphatic imine (C=N–C) groups is 1. The lowest BCUT2D eigenvalue weighted by molar-refractivity contribution is -0.156. The van der Waals surface area contributed by atoms with Crippen LogP contribution in [0.4, 0.5) is 30.6 Å². The Bertz CT molecular complexity index is 1130. The molecule has 2 N–H and O–H groups in total. The molecule has 30 heavy (non-hydrogen) atoms. The Balaban J connectivity index is 1.30. The van der Waals surface area contributed by atoms with Crippen LogP contribution in [0.3, 0.4) is 0 Å². The number of fused-ring (bicyclic) bond motifs is 2. The van der Waals surface area contributed by atoms with Crippen molar-refractivity contribution in [3.8, 4) is 0 Å². The molecular formula is C20H16F3N5O2. The van der Waals surface area contributed by atoms with Crippen molar-refractivity contribution in [3.05, 3.63) is 65.0 Å². The minimum absolute atomic E-state index is 0.155. The highest BCUT2D eigenvalue weighted by molar-refractivity contribution is 5.80. The van der Waals surface area contributed by atoms with Crippen molar-refractivity contribution >= 4 is 23.4 Å². The highest BCUT2D eigenvalue weighted by Gasteiger charge is 2.38. The maximum atomic E-state index is 12.6. The van der Waals surface area contributed by atoms with Gasteiger partial charge >= 0.3 is 18.1 Å². The van der Waals surface area contributed by atoms with E-state index in [9.17, 15) is 13.2 Å². The fraction of sp³-hybridized carbons (Fsp3) is 0.250. The summed E-state index contributed by atoms with van der Waals surface area (Å²) >= 11 is 0. The summed E-state index contributed by atoms with van der Waals surface area (Å²) in [5, 5.41) is 12.4. The van der Waals surface area contributed by atoms with E-state index in [2.05, 4.69) is 42.4 Å². The van der Waals surface area contributed by atoms with Crippen molar-refractivity contribution in [2.75, 3.05) is 5.32 Å². The van der Waals surface area contributed by atoms with E-state index in [1.165, 1.54) is 11.1 Å². The van der Waals surface area contributed by atoms with E-state index in [0.717, 1.165) is 24.1 Å². The molecule has 0 saturated carbocycles. The first-order chi connectivity index (χ1) is 14.5. The molecule has 0 fully saturated rings. The molecule has 7 nitrogen and oxygen atoms in total. The van der Waals surface area contributed by atoms with Crippen LogP contribution in [0.25, 0.3) is 0 Å². The summed E-state index contributed by atoms with van der Waals surface area (Å²) in [4.78, 5) is 4.52. The first-order valence-electron chi connectivity index (χ1n) is 9.32. The predicted molar refractivity (Wildman–Crippen MR) is 102 cm³/mol. The Hall–Kier alpha value is -3.56. The number of hydrogen-bond donors (Lipinski definition) is 2. The zero-order valence-electron chi connectivity index (χ0n) is 15.5. The maximum absolute atomic E-state index is 12.6. The number of amidine groups is 1. The van der Waals surface area contributed by atoms with Crippen LogP contribution in [-0.2, 0) is 23.9 Å². The largest absolute Gasteiger partial charge is 0.470 e. The van der Waals surface area contributed by atoms with E-state index < -0.39 is 12.1 Å². The van der Waals surface area contributed by atoms with Crippen LogP contribution in [0.2, 0.25) is 0 Å². The lowest BCUT2D eigenvalue weighted by Crippen LogP contribution is -2.30. The number of nitrogens with zero attached hydrogens (tertiary/aromatic N) is 3. The van der Waals surface area contributed by atoms with Crippen molar-refractivity contribution < 1.29 is 22.3 Å². The molecule has 2 aromatic carbocycles. The molecule has 2 aliphatic rings. The van der Waals surface area contributed by atoms with Gasteiger partial charge in [0.15, 0.2) is 0 Å². The van der Waals surface area contributed by atoms with Gasteiger partial charge in [-0.25, -0.2) is 0 Å². The normalized spacial score (nSPS) is 17.6. The third-order valence-corrected chi connectivity index (χ3v) is 5.02. The molecule has 10 heteroatoms. The molecular weight excluding hydrogens is 399 g/mol. The van der Waals surface area contributed by atoms with Gasteiger partial charge in [0.05, 0.1) is 11.7 Å². The quantitative estimate of drug-likeness (QED) is 0.649. The van der Waals surface area contributed by atoms with Crippen molar-refractivity contribution in [1.29, 1.82) is 0 Å². The number of rotatable bonds is 3. The molecule has 0 radical (unpaired) electrons. The van der Waals surface area contributed by atoms with Gasteiger partial charge in [-0.05, 0) is 42.2 Å². The van der Waals surface area contributed by atoms with Crippen molar-refractivity contribution in [2.24, 2.45) is 4.99 Å². The van der Waals surface area contributed by atoms with E-state index >= 15 is 0 Å². The van der Waals surface area contributed by atoms with Gasteiger partial charge in [0.2, 0.25) is 0 Å². The molecule has 1 aliphatic heterocycles. The van der Waals surface area contributed by atoms with E-state index in [0.29, 0.717) is 11.7 Å². The third-order valence-electron chi connectivity index (χ3n) is 5.02. The fourth-order valence-corrected chi connectivity index (χ4v) is 3.62.